The van der Waals surface area contributed by atoms with Crippen molar-refractivity contribution in [1.82, 2.24) is 0 Å². The highest BCUT2D eigenvalue weighted by atomic mass is 16.5. The lowest BCUT2D eigenvalue weighted by atomic mass is 9.90. The van der Waals surface area contributed by atoms with E-state index in [-0.39, 0.29) is 11.9 Å². The van der Waals surface area contributed by atoms with Crippen molar-refractivity contribution in [2.24, 2.45) is 5.92 Å². The number of rotatable bonds is 14. The van der Waals surface area contributed by atoms with Gasteiger partial charge in [-0.3, -0.25) is 0 Å². The first-order valence-corrected chi connectivity index (χ1v) is 12.1. The zero-order valence-corrected chi connectivity index (χ0v) is 18.8. The van der Waals surface area contributed by atoms with Gasteiger partial charge in [0.1, 0.15) is 0 Å². The molecule has 0 N–H and O–H groups in total. The molecule has 0 atom stereocenters. The Morgan fingerprint density at radius 1 is 0.800 bits per heavy atom. The fraction of sp³-hybridized carbons (Fsp3) is 0.692. The van der Waals surface area contributed by atoms with Crippen LogP contribution in [0.3, 0.4) is 0 Å². The highest BCUT2D eigenvalue weighted by Gasteiger charge is 2.17. The molecular weight excluding hydrogens is 376 g/mol. The maximum absolute atomic E-state index is 12.3. The monoisotopic (exact) mass is 416 g/mol. The van der Waals surface area contributed by atoms with Gasteiger partial charge in [0.15, 0.2) is 0 Å². The van der Waals surface area contributed by atoms with Gasteiger partial charge >= 0.3 is 11.9 Å². The average Bonchev–Trinajstić information content (AvgIpc) is 2.79. The van der Waals surface area contributed by atoms with Crippen molar-refractivity contribution >= 4 is 11.9 Å². The number of ether oxygens (including phenoxy) is 2. The smallest absolute Gasteiger partial charge is 0.338 e. The lowest BCUT2D eigenvalue weighted by Gasteiger charge is -2.21. The Morgan fingerprint density at radius 3 is 2.00 bits per heavy atom. The topological polar surface area (TPSA) is 52.6 Å². The molecule has 168 valence electrons. The third-order valence-electron chi connectivity index (χ3n) is 5.99. The number of unbranched alkanes of at least 4 members (excludes halogenated alkanes) is 8. The SMILES string of the molecule is CCCCCCCCCCCOC(=O)c1cccc(C(=O)OCC2CCCCC2)c1. The summed E-state index contributed by atoms with van der Waals surface area (Å²) in [4.78, 5) is 24.6. The Bertz CT molecular complexity index is 619. The molecular formula is C26H40O4. The molecule has 1 fully saturated rings. The van der Waals surface area contributed by atoms with Crippen LogP contribution in [0.2, 0.25) is 0 Å². The summed E-state index contributed by atoms with van der Waals surface area (Å²) in [6, 6.07) is 6.69. The van der Waals surface area contributed by atoms with E-state index in [1.54, 1.807) is 24.3 Å². The molecule has 0 aromatic heterocycles. The number of benzene rings is 1. The second-order valence-electron chi connectivity index (χ2n) is 8.65. The van der Waals surface area contributed by atoms with Crippen molar-refractivity contribution in [3.05, 3.63) is 35.4 Å². The van der Waals surface area contributed by atoms with E-state index in [0.717, 1.165) is 25.7 Å². The van der Waals surface area contributed by atoms with Gasteiger partial charge in [-0.05, 0) is 43.4 Å². The van der Waals surface area contributed by atoms with Gasteiger partial charge in [-0.25, -0.2) is 9.59 Å². The lowest BCUT2D eigenvalue weighted by molar-refractivity contribution is 0.0410. The molecule has 1 saturated carbocycles. The van der Waals surface area contributed by atoms with Crippen molar-refractivity contribution in [3.63, 3.8) is 0 Å². The van der Waals surface area contributed by atoms with Crippen LogP contribution in [0, 0.1) is 5.92 Å². The van der Waals surface area contributed by atoms with Crippen molar-refractivity contribution in [2.75, 3.05) is 13.2 Å². The van der Waals surface area contributed by atoms with E-state index in [2.05, 4.69) is 6.92 Å². The molecule has 0 bridgehead atoms. The Balaban J connectivity index is 1.62. The number of carbonyl (C=O) groups excluding carboxylic acids is 2. The normalized spacial score (nSPS) is 14.4. The molecule has 0 radical (unpaired) electrons. The number of esters is 2. The Labute approximate surface area is 182 Å². The van der Waals surface area contributed by atoms with Gasteiger partial charge in [0, 0.05) is 0 Å². The summed E-state index contributed by atoms with van der Waals surface area (Å²) in [5.41, 5.74) is 0.835. The van der Waals surface area contributed by atoms with E-state index >= 15 is 0 Å². The van der Waals surface area contributed by atoms with Gasteiger partial charge in [-0.1, -0.05) is 83.6 Å². The number of carbonyl (C=O) groups is 2. The van der Waals surface area contributed by atoms with Crippen LogP contribution in [-0.2, 0) is 9.47 Å². The van der Waals surface area contributed by atoms with Gasteiger partial charge < -0.3 is 9.47 Å². The van der Waals surface area contributed by atoms with Crippen LogP contribution >= 0.6 is 0 Å². The summed E-state index contributed by atoms with van der Waals surface area (Å²) in [5, 5.41) is 0. The van der Waals surface area contributed by atoms with E-state index < -0.39 is 0 Å². The highest BCUT2D eigenvalue weighted by Crippen LogP contribution is 2.24. The van der Waals surface area contributed by atoms with Crippen molar-refractivity contribution in [3.8, 4) is 0 Å². The van der Waals surface area contributed by atoms with Crippen molar-refractivity contribution in [1.29, 1.82) is 0 Å². The largest absolute Gasteiger partial charge is 0.462 e. The first-order valence-electron chi connectivity index (χ1n) is 12.1. The summed E-state index contributed by atoms with van der Waals surface area (Å²) in [7, 11) is 0. The van der Waals surface area contributed by atoms with Gasteiger partial charge in [0.25, 0.3) is 0 Å². The maximum atomic E-state index is 12.3. The quantitative estimate of drug-likeness (QED) is 0.239. The summed E-state index contributed by atoms with van der Waals surface area (Å²) in [5.74, 6) is -0.238. The molecule has 4 heteroatoms. The molecule has 0 spiro atoms. The third kappa shape index (κ3) is 9.77. The maximum Gasteiger partial charge on any atom is 0.338 e. The first-order chi connectivity index (χ1) is 14.7. The van der Waals surface area contributed by atoms with Gasteiger partial charge in [-0.15, -0.1) is 0 Å². The van der Waals surface area contributed by atoms with E-state index in [0.29, 0.717) is 30.3 Å². The van der Waals surface area contributed by atoms with Crippen LogP contribution in [0.5, 0.6) is 0 Å². The Kier molecular flexibility index (Phi) is 12.2. The number of hydrogen-bond acceptors (Lipinski definition) is 4. The van der Waals surface area contributed by atoms with E-state index in [9.17, 15) is 9.59 Å². The van der Waals surface area contributed by atoms with Crippen LogP contribution < -0.4 is 0 Å². The Hall–Kier alpha value is -1.84. The van der Waals surface area contributed by atoms with Gasteiger partial charge in [0.05, 0.1) is 24.3 Å². The zero-order chi connectivity index (χ0) is 21.4. The summed E-state index contributed by atoms with van der Waals surface area (Å²) < 4.78 is 10.9. The molecule has 1 aliphatic carbocycles. The molecule has 2 rings (SSSR count). The Morgan fingerprint density at radius 2 is 1.37 bits per heavy atom. The van der Waals surface area contributed by atoms with Crippen LogP contribution in [0.25, 0.3) is 0 Å². The fourth-order valence-corrected chi connectivity index (χ4v) is 4.06. The minimum Gasteiger partial charge on any atom is -0.462 e. The predicted octanol–water partition coefficient (Wildman–Crippen LogP) is 7.11. The minimum absolute atomic E-state index is 0.353. The van der Waals surface area contributed by atoms with Crippen LogP contribution in [-0.4, -0.2) is 25.2 Å². The fourth-order valence-electron chi connectivity index (χ4n) is 4.06. The van der Waals surface area contributed by atoms with E-state index in [1.165, 1.54) is 64.2 Å². The van der Waals surface area contributed by atoms with Crippen LogP contribution in [0.1, 0.15) is 118 Å². The third-order valence-corrected chi connectivity index (χ3v) is 5.99. The molecule has 0 aliphatic heterocycles. The summed E-state index contributed by atoms with van der Waals surface area (Å²) in [6.45, 7) is 3.15. The van der Waals surface area contributed by atoms with E-state index in [1.807, 2.05) is 0 Å². The zero-order valence-electron chi connectivity index (χ0n) is 18.8. The lowest BCUT2D eigenvalue weighted by Crippen LogP contribution is -2.17. The molecule has 0 saturated heterocycles. The second kappa shape index (κ2) is 15.0. The minimum atomic E-state index is -0.364. The van der Waals surface area contributed by atoms with Gasteiger partial charge in [-0.2, -0.15) is 0 Å². The molecule has 30 heavy (non-hydrogen) atoms. The first kappa shape index (κ1) is 24.4. The molecule has 0 heterocycles. The van der Waals surface area contributed by atoms with Crippen molar-refractivity contribution < 1.29 is 19.1 Å². The van der Waals surface area contributed by atoms with Crippen LogP contribution in [0.15, 0.2) is 24.3 Å². The molecule has 1 aromatic carbocycles. The second-order valence-corrected chi connectivity index (χ2v) is 8.65. The number of hydrogen-bond donors (Lipinski definition) is 0. The predicted molar refractivity (Wildman–Crippen MR) is 121 cm³/mol. The van der Waals surface area contributed by atoms with Crippen LogP contribution in [0.4, 0.5) is 0 Å². The molecule has 1 aliphatic rings. The summed E-state index contributed by atoms with van der Waals surface area (Å²) in [6.07, 6.45) is 17.1. The molecule has 4 nitrogen and oxygen atoms in total. The summed E-state index contributed by atoms with van der Waals surface area (Å²) >= 11 is 0. The highest BCUT2D eigenvalue weighted by molar-refractivity contribution is 5.95. The molecule has 1 aromatic rings. The molecule has 0 unspecified atom stereocenters. The standard InChI is InChI=1S/C26H40O4/c1-2-3-4-5-6-7-8-9-13-19-29-25(27)23-17-14-18-24(20-23)26(28)30-21-22-15-11-10-12-16-22/h14,17-18,20,22H,2-13,15-16,19,21H2,1H3. The van der Waals surface area contributed by atoms with Crippen molar-refractivity contribution in [2.45, 2.75) is 96.8 Å². The van der Waals surface area contributed by atoms with Gasteiger partial charge in [0.2, 0.25) is 0 Å². The molecule has 0 amide bonds. The van der Waals surface area contributed by atoms with E-state index in [4.69, 9.17) is 9.47 Å². The average molecular weight is 417 g/mol.